The smallest absolute Gasteiger partial charge is 0.254 e. The summed E-state index contributed by atoms with van der Waals surface area (Å²) in [6.45, 7) is 4.96. The van der Waals surface area contributed by atoms with Crippen LogP contribution in [0, 0.1) is 0 Å². The first-order chi connectivity index (χ1) is 9.02. The molecule has 2 rings (SSSR count). The lowest BCUT2D eigenvalue weighted by molar-refractivity contribution is 0.0698. The van der Waals surface area contributed by atoms with Crippen LogP contribution in [0.5, 0.6) is 0 Å². The predicted octanol–water partition coefficient (Wildman–Crippen LogP) is 1.99. The quantitative estimate of drug-likeness (QED) is 0.496. The number of nitrogens with two attached hydrogens (primary N) is 1. The Morgan fingerprint density at radius 1 is 1.58 bits per heavy atom. The van der Waals surface area contributed by atoms with E-state index in [2.05, 4.69) is 24.3 Å². The zero-order valence-corrected chi connectivity index (χ0v) is 12.5. The van der Waals surface area contributed by atoms with Crippen LogP contribution < -0.4 is 11.3 Å². The number of thioether (sulfide) groups is 1. The number of carbonyl (C=O) groups excluding carboxylic acids is 1. The summed E-state index contributed by atoms with van der Waals surface area (Å²) in [5.74, 6) is 6.64. The summed E-state index contributed by atoms with van der Waals surface area (Å²) < 4.78 is 0. The van der Waals surface area contributed by atoms with Crippen molar-refractivity contribution >= 4 is 35.1 Å². The van der Waals surface area contributed by atoms with Crippen LogP contribution in [0.4, 0.5) is 5.82 Å². The topological polar surface area (TPSA) is 71.2 Å². The van der Waals surface area contributed by atoms with Gasteiger partial charge in [-0.25, -0.2) is 10.8 Å². The van der Waals surface area contributed by atoms with E-state index in [1.165, 1.54) is 0 Å². The molecule has 0 aliphatic carbocycles. The van der Waals surface area contributed by atoms with E-state index in [4.69, 9.17) is 17.4 Å². The summed E-state index contributed by atoms with van der Waals surface area (Å²) in [7, 11) is 0. The van der Waals surface area contributed by atoms with E-state index in [1.54, 1.807) is 12.1 Å². The highest BCUT2D eigenvalue weighted by Crippen LogP contribution is 2.26. The normalized spacial score (nSPS) is 23.3. The van der Waals surface area contributed by atoms with Crippen LogP contribution in [0.15, 0.2) is 12.1 Å². The van der Waals surface area contributed by atoms with E-state index >= 15 is 0 Å². The fourth-order valence-electron chi connectivity index (χ4n) is 2.08. The molecule has 2 unspecified atom stereocenters. The zero-order chi connectivity index (χ0) is 14.0. The molecule has 0 saturated carbocycles. The van der Waals surface area contributed by atoms with Crippen molar-refractivity contribution in [2.45, 2.75) is 25.1 Å². The lowest BCUT2D eigenvalue weighted by Gasteiger charge is -2.37. The van der Waals surface area contributed by atoms with E-state index in [0.29, 0.717) is 16.6 Å². The van der Waals surface area contributed by atoms with Gasteiger partial charge in [-0.3, -0.25) is 4.79 Å². The van der Waals surface area contributed by atoms with Gasteiger partial charge in [0.1, 0.15) is 11.0 Å². The molecule has 0 aromatic carbocycles. The van der Waals surface area contributed by atoms with Crippen molar-refractivity contribution in [2.24, 2.45) is 5.84 Å². The molecule has 2 atom stereocenters. The fourth-order valence-corrected chi connectivity index (χ4v) is 3.39. The maximum atomic E-state index is 12.5. The van der Waals surface area contributed by atoms with Gasteiger partial charge in [0.15, 0.2) is 0 Å². The van der Waals surface area contributed by atoms with E-state index < -0.39 is 0 Å². The Hall–Kier alpha value is -0.980. The Morgan fingerprint density at radius 3 is 3.00 bits per heavy atom. The SMILES string of the molecule is CC1SCCN(C(=O)c2cc(Cl)nc(NN)c2)C1C. The molecular weight excluding hydrogens is 284 g/mol. The lowest BCUT2D eigenvalue weighted by Crippen LogP contribution is -2.48. The van der Waals surface area contributed by atoms with Gasteiger partial charge in [-0.1, -0.05) is 18.5 Å². The molecule has 0 spiro atoms. The molecule has 1 fully saturated rings. The van der Waals surface area contributed by atoms with Gasteiger partial charge in [-0.2, -0.15) is 11.8 Å². The maximum Gasteiger partial charge on any atom is 0.254 e. The number of aromatic nitrogens is 1. The predicted molar refractivity (Wildman–Crippen MR) is 79.5 cm³/mol. The minimum Gasteiger partial charge on any atom is -0.334 e. The van der Waals surface area contributed by atoms with E-state index in [1.807, 2.05) is 16.7 Å². The van der Waals surface area contributed by atoms with Gasteiger partial charge >= 0.3 is 0 Å². The molecule has 2 heterocycles. The number of hydrogen-bond donors (Lipinski definition) is 2. The third kappa shape index (κ3) is 3.13. The number of nitrogens with one attached hydrogen (secondary N) is 1. The van der Waals surface area contributed by atoms with E-state index in [-0.39, 0.29) is 17.1 Å². The van der Waals surface area contributed by atoms with E-state index in [9.17, 15) is 4.79 Å². The van der Waals surface area contributed by atoms with Gasteiger partial charge in [0.05, 0.1) is 0 Å². The second-order valence-corrected chi connectivity index (χ2v) is 6.40. The Morgan fingerprint density at radius 2 is 2.32 bits per heavy atom. The number of amides is 1. The largest absolute Gasteiger partial charge is 0.334 e. The molecule has 1 aliphatic rings. The molecule has 3 N–H and O–H groups in total. The standard InChI is InChI=1S/C12H17ClN4OS/c1-7-8(2)19-4-3-17(7)12(18)9-5-10(13)15-11(6-9)16-14/h5-8H,3-4,14H2,1-2H3,(H,15,16). The molecule has 19 heavy (non-hydrogen) atoms. The molecule has 5 nitrogen and oxygen atoms in total. The minimum absolute atomic E-state index is 0.0274. The molecule has 7 heteroatoms. The second kappa shape index (κ2) is 5.98. The molecule has 1 aromatic heterocycles. The first-order valence-electron chi connectivity index (χ1n) is 6.09. The average molecular weight is 301 g/mol. The van der Waals surface area contributed by atoms with Crippen LogP contribution in [0.2, 0.25) is 5.15 Å². The van der Waals surface area contributed by atoms with Crippen LogP contribution in [-0.2, 0) is 0 Å². The minimum atomic E-state index is -0.0274. The van der Waals surface area contributed by atoms with Crippen LogP contribution in [-0.4, -0.2) is 39.4 Å². The van der Waals surface area contributed by atoms with Crippen LogP contribution in [0.25, 0.3) is 0 Å². The summed E-state index contributed by atoms with van der Waals surface area (Å²) >= 11 is 7.78. The molecule has 1 saturated heterocycles. The number of pyridine rings is 1. The monoisotopic (exact) mass is 300 g/mol. The number of hydrazine groups is 1. The van der Waals surface area contributed by atoms with Gasteiger partial charge in [-0.05, 0) is 19.1 Å². The Balaban J connectivity index is 2.25. The Kier molecular flexibility index (Phi) is 4.54. The number of anilines is 1. The van der Waals surface area contributed by atoms with Gasteiger partial charge < -0.3 is 10.3 Å². The summed E-state index contributed by atoms with van der Waals surface area (Å²) in [6, 6.07) is 3.39. The number of hydrogen-bond acceptors (Lipinski definition) is 5. The highest BCUT2D eigenvalue weighted by molar-refractivity contribution is 8.00. The van der Waals surface area contributed by atoms with Crippen molar-refractivity contribution in [3.05, 3.63) is 22.8 Å². The summed E-state index contributed by atoms with van der Waals surface area (Å²) in [6.07, 6.45) is 0. The van der Waals surface area contributed by atoms with Crippen molar-refractivity contribution in [1.29, 1.82) is 0 Å². The van der Waals surface area contributed by atoms with Gasteiger partial charge in [0.2, 0.25) is 0 Å². The lowest BCUT2D eigenvalue weighted by atomic mass is 10.1. The highest BCUT2D eigenvalue weighted by atomic mass is 35.5. The van der Waals surface area contributed by atoms with Gasteiger partial charge in [0, 0.05) is 29.2 Å². The first kappa shape index (κ1) is 14.4. The molecule has 1 aliphatic heterocycles. The summed E-state index contributed by atoms with van der Waals surface area (Å²) in [5.41, 5.74) is 2.93. The number of nitrogens with zero attached hydrogens (tertiary/aromatic N) is 2. The molecule has 0 bridgehead atoms. The number of carbonyl (C=O) groups is 1. The summed E-state index contributed by atoms with van der Waals surface area (Å²) in [4.78, 5) is 18.4. The Bertz CT molecular complexity index is 485. The molecule has 0 radical (unpaired) electrons. The third-order valence-electron chi connectivity index (χ3n) is 3.33. The highest BCUT2D eigenvalue weighted by Gasteiger charge is 2.29. The third-order valence-corrected chi connectivity index (χ3v) is 4.87. The van der Waals surface area contributed by atoms with E-state index in [0.717, 1.165) is 12.3 Å². The molecule has 104 valence electrons. The van der Waals surface area contributed by atoms with Crippen LogP contribution in [0.1, 0.15) is 24.2 Å². The maximum absolute atomic E-state index is 12.5. The van der Waals surface area contributed by atoms with Gasteiger partial charge in [0.25, 0.3) is 5.91 Å². The first-order valence-corrected chi connectivity index (χ1v) is 7.52. The molecule has 1 amide bonds. The van der Waals surface area contributed by atoms with Crippen molar-refractivity contribution in [1.82, 2.24) is 9.88 Å². The van der Waals surface area contributed by atoms with Crippen molar-refractivity contribution in [3.63, 3.8) is 0 Å². The Labute approximate surface area is 121 Å². The zero-order valence-electron chi connectivity index (χ0n) is 10.9. The second-order valence-electron chi connectivity index (χ2n) is 4.52. The van der Waals surface area contributed by atoms with Crippen molar-refractivity contribution in [3.8, 4) is 0 Å². The van der Waals surface area contributed by atoms with Crippen molar-refractivity contribution in [2.75, 3.05) is 17.7 Å². The molecule has 1 aromatic rings. The average Bonchev–Trinajstić information content (AvgIpc) is 2.40. The number of nitrogen functional groups attached to an aromatic ring is 1. The number of rotatable bonds is 2. The fraction of sp³-hybridized carbons (Fsp3) is 0.500. The van der Waals surface area contributed by atoms with Gasteiger partial charge in [-0.15, -0.1) is 0 Å². The van der Waals surface area contributed by atoms with Crippen molar-refractivity contribution < 1.29 is 4.79 Å². The molecular formula is C12H17ClN4OS. The van der Waals surface area contributed by atoms with Crippen LogP contribution >= 0.6 is 23.4 Å². The summed E-state index contributed by atoms with van der Waals surface area (Å²) in [5, 5.41) is 0.688. The number of halogens is 1. The van der Waals surface area contributed by atoms with Crippen LogP contribution in [0.3, 0.4) is 0 Å².